The van der Waals surface area contributed by atoms with Gasteiger partial charge in [0.15, 0.2) is 0 Å². The zero-order valence-corrected chi connectivity index (χ0v) is 11.9. The maximum absolute atomic E-state index is 13.4. The Labute approximate surface area is 118 Å². The van der Waals surface area contributed by atoms with Crippen molar-refractivity contribution in [3.8, 4) is 0 Å². The van der Waals surface area contributed by atoms with Crippen LogP contribution in [-0.4, -0.2) is 29.6 Å². The number of nitrogens with two attached hydrogens (primary N) is 1. The number of amides is 1. The quantitative estimate of drug-likeness (QED) is 0.922. The topological polar surface area (TPSA) is 46.3 Å². The number of halogens is 3. The van der Waals surface area contributed by atoms with E-state index in [1.165, 1.54) is 0 Å². The number of primary amides is 1. The van der Waals surface area contributed by atoms with Gasteiger partial charge >= 0.3 is 0 Å². The Morgan fingerprint density at radius 3 is 2.94 bits per heavy atom. The molecule has 0 aromatic heterocycles. The molecule has 1 aliphatic rings. The van der Waals surface area contributed by atoms with Crippen LogP contribution in [0.1, 0.15) is 12.0 Å². The summed E-state index contributed by atoms with van der Waals surface area (Å²) in [5.74, 6) is -0.472. The SMILES string of the molecule is NC(=O)[C@@H]1C[C@@H](F)CN1Cc1ccc(Cl)cc1Br. The van der Waals surface area contributed by atoms with Crippen LogP contribution in [-0.2, 0) is 11.3 Å². The van der Waals surface area contributed by atoms with Crippen LogP contribution in [0, 0.1) is 0 Å². The normalized spacial score (nSPS) is 24.4. The van der Waals surface area contributed by atoms with Crippen molar-refractivity contribution in [3.05, 3.63) is 33.3 Å². The average molecular weight is 336 g/mol. The van der Waals surface area contributed by atoms with Gasteiger partial charge in [0, 0.05) is 29.0 Å². The van der Waals surface area contributed by atoms with Crippen molar-refractivity contribution in [2.45, 2.75) is 25.2 Å². The van der Waals surface area contributed by atoms with Gasteiger partial charge in [-0.25, -0.2) is 4.39 Å². The van der Waals surface area contributed by atoms with Gasteiger partial charge in [0.1, 0.15) is 6.17 Å². The lowest BCUT2D eigenvalue weighted by Crippen LogP contribution is -2.39. The molecule has 1 aromatic rings. The van der Waals surface area contributed by atoms with Crippen LogP contribution < -0.4 is 5.73 Å². The zero-order chi connectivity index (χ0) is 13.3. The highest BCUT2D eigenvalue weighted by Crippen LogP contribution is 2.27. The van der Waals surface area contributed by atoms with Gasteiger partial charge in [0.25, 0.3) is 0 Å². The van der Waals surface area contributed by atoms with Crippen LogP contribution in [0.3, 0.4) is 0 Å². The lowest BCUT2D eigenvalue weighted by molar-refractivity contribution is -0.122. The summed E-state index contributed by atoms with van der Waals surface area (Å²) in [5.41, 5.74) is 6.24. The number of rotatable bonds is 3. The van der Waals surface area contributed by atoms with E-state index in [0.717, 1.165) is 10.0 Å². The van der Waals surface area contributed by atoms with E-state index in [0.29, 0.717) is 11.6 Å². The van der Waals surface area contributed by atoms with Gasteiger partial charge in [-0.05, 0) is 17.7 Å². The van der Waals surface area contributed by atoms with Gasteiger partial charge in [0.2, 0.25) is 5.91 Å². The number of likely N-dealkylation sites (tertiary alicyclic amines) is 1. The lowest BCUT2D eigenvalue weighted by Gasteiger charge is -2.22. The van der Waals surface area contributed by atoms with Crippen LogP contribution in [0.5, 0.6) is 0 Å². The molecule has 1 aliphatic heterocycles. The molecule has 3 nitrogen and oxygen atoms in total. The Kier molecular flexibility index (Phi) is 4.25. The smallest absolute Gasteiger partial charge is 0.234 e. The standard InChI is InChI=1S/C12H13BrClFN2O/c13-10-3-8(14)2-1-7(10)5-17-6-9(15)4-11(17)12(16)18/h1-3,9,11H,4-6H2,(H2,16,18)/t9-,11+/m1/s1. The van der Waals surface area contributed by atoms with Gasteiger partial charge in [-0.1, -0.05) is 33.6 Å². The first-order valence-corrected chi connectivity index (χ1v) is 6.76. The van der Waals surface area contributed by atoms with Crippen molar-refractivity contribution >= 4 is 33.4 Å². The predicted octanol–water partition coefficient (Wildman–Crippen LogP) is 2.50. The summed E-state index contributed by atoms with van der Waals surface area (Å²) in [6, 6.07) is 4.88. The van der Waals surface area contributed by atoms with Crippen molar-refractivity contribution < 1.29 is 9.18 Å². The highest BCUT2D eigenvalue weighted by atomic mass is 79.9. The summed E-state index contributed by atoms with van der Waals surface area (Å²) in [7, 11) is 0. The van der Waals surface area contributed by atoms with Gasteiger partial charge in [-0.3, -0.25) is 9.69 Å². The summed E-state index contributed by atoms with van der Waals surface area (Å²) >= 11 is 9.26. The molecule has 2 N–H and O–H groups in total. The van der Waals surface area contributed by atoms with Crippen molar-refractivity contribution in [1.82, 2.24) is 4.90 Å². The van der Waals surface area contributed by atoms with Gasteiger partial charge < -0.3 is 5.73 Å². The third-order valence-corrected chi connectivity index (χ3v) is 4.04. The maximum Gasteiger partial charge on any atom is 0.234 e. The van der Waals surface area contributed by atoms with Crippen LogP contribution in [0.15, 0.2) is 22.7 Å². The van der Waals surface area contributed by atoms with Gasteiger partial charge in [0.05, 0.1) is 6.04 Å². The van der Waals surface area contributed by atoms with E-state index in [1.54, 1.807) is 17.0 Å². The molecule has 2 rings (SSSR count). The fraction of sp³-hybridized carbons (Fsp3) is 0.417. The second kappa shape index (κ2) is 5.55. The van der Waals surface area contributed by atoms with Crippen molar-refractivity contribution in [2.24, 2.45) is 5.73 Å². The molecule has 1 amide bonds. The molecule has 6 heteroatoms. The molecular weight excluding hydrogens is 322 g/mol. The van der Waals surface area contributed by atoms with E-state index in [2.05, 4.69) is 15.9 Å². The van der Waals surface area contributed by atoms with Crippen molar-refractivity contribution in [2.75, 3.05) is 6.54 Å². The average Bonchev–Trinajstić information content (AvgIpc) is 2.64. The third kappa shape index (κ3) is 3.02. The van der Waals surface area contributed by atoms with E-state index < -0.39 is 18.1 Å². The Hall–Kier alpha value is -0.650. The van der Waals surface area contributed by atoms with E-state index >= 15 is 0 Å². The first-order chi connectivity index (χ1) is 8.47. The van der Waals surface area contributed by atoms with Gasteiger partial charge in [-0.2, -0.15) is 0 Å². The van der Waals surface area contributed by atoms with Crippen LogP contribution in [0.25, 0.3) is 0 Å². The van der Waals surface area contributed by atoms with E-state index in [9.17, 15) is 9.18 Å². The van der Waals surface area contributed by atoms with E-state index in [4.69, 9.17) is 17.3 Å². The summed E-state index contributed by atoms with van der Waals surface area (Å²) in [6.45, 7) is 0.717. The summed E-state index contributed by atoms with van der Waals surface area (Å²) in [4.78, 5) is 13.0. The van der Waals surface area contributed by atoms with Crippen molar-refractivity contribution in [3.63, 3.8) is 0 Å². The molecule has 0 radical (unpaired) electrons. The minimum atomic E-state index is -0.992. The minimum Gasteiger partial charge on any atom is -0.368 e. The fourth-order valence-corrected chi connectivity index (χ4v) is 3.00. The molecule has 18 heavy (non-hydrogen) atoms. The van der Waals surface area contributed by atoms with Crippen LogP contribution >= 0.6 is 27.5 Å². The first-order valence-electron chi connectivity index (χ1n) is 5.58. The molecule has 0 unspecified atom stereocenters. The summed E-state index contributed by atoms with van der Waals surface area (Å²) < 4.78 is 14.2. The maximum atomic E-state index is 13.4. The largest absolute Gasteiger partial charge is 0.368 e. The molecular formula is C12H13BrClFN2O. The minimum absolute atomic E-state index is 0.181. The molecule has 0 aliphatic carbocycles. The van der Waals surface area contributed by atoms with E-state index in [1.807, 2.05) is 6.07 Å². The molecule has 98 valence electrons. The first kappa shape index (κ1) is 13.8. The van der Waals surface area contributed by atoms with Crippen LogP contribution in [0.2, 0.25) is 5.02 Å². The zero-order valence-electron chi connectivity index (χ0n) is 9.57. The lowest BCUT2D eigenvalue weighted by atomic mass is 10.1. The number of benzene rings is 1. The Morgan fingerprint density at radius 2 is 2.33 bits per heavy atom. The molecule has 2 atom stereocenters. The second-order valence-electron chi connectivity index (χ2n) is 4.42. The molecule has 1 heterocycles. The van der Waals surface area contributed by atoms with Crippen LogP contribution in [0.4, 0.5) is 4.39 Å². The summed E-state index contributed by atoms with van der Waals surface area (Å²) in [5, 5.41) is 0.627. The summed E-state index contributed by atoms with van der Waals surface area (Å²) in [6.07, 6.45) is -0.811. The molecule has 1 fully saturated rings. The second-order valence-corrected chi connectivity index (χ2v) is 5.71. The number of nitrogens with zero attached hydrogens (tertiary/aromatic N) is 1. The Bertz CT molecular complexity index is 471. The van der Waals surface area contributed by atoms with Crippen molar-refractivity contribution in [1.29, 1.82) is 0 Å². The predicted molar refractivity (Wildman–Crippen MR) is 72.1 cm³/mol. The molecule has 1 aromatic carbocycles. The third-order valence-electron chi connectivity index (χ3n) is 3.07. The Morgan fingerprint density at radius 1 is 1.61 bits per heavy atom. The fourth-order valence-electron chi connectivity index (χ4n) is 2.19. The molecule has 0 saturated carbocycles. The number of carbonyl (C=O) groups excluding carboxylic acids is 1. The monoisotopic (exact) mass is 334 g/mol. The number of carbonyl (C=O) groups is 1. The molecule has 0 spiro atoms. The van der Waals surface area contributed by atoms with Gasteiger partial charge in [-0.15, -0.1) is 0 Å². The Balaban J connectivity index is 2.15. The number of hydrogen-bond donors (Lipinski definition) is 1. The number of alkyl halides is 1. The molecule has 1 saturated heterocycles. The van der Waals surface area contributed by atoms with E-state index in [-0.39, 0.29) is 13.0 Å². The molecule has 0 bridgehead atoms. The number of hydrogen-bond acceptors (Lipinski definition) is 2. The highest BCUT2D eigenvalue weighted by Gasteiger charge is 2.35. The highest BCUT2D eigenvalue weighted by molar-refractivity contribution is 9.10.